The number of anilines is 1. The van der Waals surface area contributed by atoms with Gasteiger partial charge in [-0.2, -0.15) is 0 Å². The van der Waals surface area contributed by atoms with Crippen molar-refractivity contribution in [1.29, 1.82) is 0 Å². The molecule has 0 N–H and O–H groups in total. The van der Waals surface area contributed by atoms with Crippen LogP contribution in [0.2, 0.25) is 5.02 Å². The zero-order valence-electron chi connectivity index (χ0n) is 16.9. The number of amides is 1. The minimum Gasteiger partial charge on any atom is -0.497 e. The highest BCUT2D eigenvalue weighted by Gasteiger charge is 2.23. The fraction of sp³-hybridized carbons (Fsp3) is 0.333. The van der Waals surface area contributed by atoms with Crippen molar-refractivity contribution in [3.05, 3.63) is 47.0 Å². The van der Waals surface area contributed by atoms with Crippen LogP contribution in [0.15, 0.2) is 36.4 Å². The van der Waals surface area contributed by atoms with Crippen molar-refractivity contribution >= 4 is 44.2 Å². The summed E-state index contributed by atoms with van der Waals surface area (Å²) in [7, 11) is 7.20. The number of carbonyl (C=O) groups excluding carboxylic acids is 1. The molecule has 3 rings (SSSR count). The fourth-order valence-corrected chi connectivity index (χ4v) is 4.24. The molecule has 0 aliphatic carbocycles. The van der Waals surface area contributed by atoms with Gasteiger partial charge in [-0.05, 0) is 57.4 Å². The maximum Gasteiger partial charge on any atom is 0.260 e. The minimum atomic E-state index is -0.128. The topological polar surface area (TPSA) is 54.9 Å². The van der Waals surface area contributed by atoms with Crippen molar-refractivity contribution in [2.75, 3.05) is 46.3 Å². The Morgan fingerprint density at radius 3 is 2.62 bits per heavy atom. The predicted octanol–water partition coefficient (Wildman–Crippen LogP) is 4.57. The largest absolute Gasteiger partial charge is 0.497 e. The van der Waals surface area contributed by atoms with Crippen LogP contribution in [-0.4, -0.2) is 57.2 Å². The van der Waals surface area contributed by atoms with Crippen LogP contribution >= 0.6 is 22.9 Å². The highest BCUT2D eigenvalue weighted by Crippen LogP contribution is 2.39. The van der Waals surface area contributed by atoms with E-state index in [2.05, 4.69) is 4.90 Å². The van der Waals surface area contributed by atoms with Gasteiger partial charge in [-0.15, -0.1) is 0 Å². The molecule has 0 spiro atoms. The lowest BCUT2D eigenvalue weighted by Crippen LogP contribution is -2.33. The zero-order valence-corrected chi connectivity index (χ0v) is 18.5. The lowest BCUT2D eigenvalue weighted by Gasteiger charge is -2.21. The molecule has 0 aliphatic heterocycles. The van der Waals surface area contributed by atoms with Crippen LogP contribution in [-0.2, 0) is 0 Å². The number of halogens is 1. The first-order valence-electron chi connectivity index (χ1n) is 9.18. The summed E-state index contributed by atoms with van der Waals surface area (Å²) in [5.74, 6) is 1.14. The summed E-state index contributed by atoms with van der Waals surface area (Å²) in [6.07, 6.45) is 0.809. The second-order valence-corrected chi connectivity index (χ2v) is 8.15. The summed E-state index contributed by atoms with van der Waals surface area (Å²) < 4.78 is 11.5. The first kappa shape index (κ1) is 21.4. The van der Waals surface area contributed by atoms with Crippen LogP contribution in [0.25, 0.3) is 10.2 Å². The number of hydrogen-bond donors (Lipinski definition) is 0. The smallest absolute Gasteiger partial charge is 0.260 e. The average molecular weight is 434 g/mol. The Morgan fingerprint density at radius 1 is 1.14 bits per heavy atom. The molecule has 0 atom stereocenters. The van der Waals surface area contributed by atoms with E-state index in [1.807, 2.05) is 26.2 Å². The number of benzene rings is 2. The van der Waals surface area contributed by atoms with Crippen molar-refractivity contribution in [1.82, 2.24) is 9.88 Å². The van der Waals surface area contributed by atoms with Crippen molar-refractivity contribution in [3.8, 4) is 11.5 Å². The van der Waals surface area contributed by atoms with Gasteiger partial charge < -0.3 is 14.4 Å². The zero-order chi connectivity index (χ0) is 21.0. The molecule has 1 amide bonds. The fourth-order valence-electron chi connectivity index (χ4n) is 2.96. The number of ether oxygens (including phenoxy) is 2. The van der Waals surface area contributed by atoms with E-state index in [-0.39, 0.29) is 5.91 Å². The molecule has 0 saturated carbocycles. The van der Waals surface area contributed by atoms with E-state index in [1.165, 1.54) is 11.3 Å². The molecule has 29 heavy (non-hydrogen) atoms. The molecule has 1 aromatic heterocycles. The molecule has 0 radical (unpaired) electrons. The van der Waals surface area contributed by atoms with Crippen molar-refractivity contribution in [3.63, 3.8) is 0 Å². The van der Waals surface area contributed by atoms with E-state index in [0.29, 0.717) is 39.3 Å². The number of nitrogens with zero attached hydrogens (tertiary/aromatic N) is 3. The number of carbonyl (C=O) groups is 1. The van der Waals surface area contributed by atoms with Crippen molar-refractivity contribution in [2.24, 2.45) is 0 Å². The SMILES string of the molecule is COc1cccc(C(=O)N(CCCN(C)C)c2nc3c(OC)ccc(Cl)c3s2)c1. The Hall–Kier alpha value is -2.35. The Morgan fingerprint density at radius 2 is 1.93 bits per heavy atom. The van der Waals surface area contributed by atoms with Gasteiger partial charge in [-0.25, -0.2) is 4.98 Å². The van der Waals surface area contributed by atoms with E-state index in [4.69, 9.17) is 26.1 Å². The average Bonchev–Trinajstić information content (AvgIpc) is 3.17. The van der Waals surface area contributed by atoms with Gasteiger partial charge in [0, 0.05) is 12.1 Å². The van der Waals surface area contributed by atoms with E-state index >= 15 is 0 Å². The molecule has 3 aromatic rings. The number of aromatic nitrogens is 1. The number of rotatable bonds is 8. The Balaban J connectivity index is 2.02. The first-order chi connectivity index (χ1) is 13.9. The molecule has 0 saturated heterocycles. The van der Waals surface area contributed by atoms with E-state index < -0.39 is 0 Å². The third-order valence-corrected chi connectivity index (χ3v) is 5.99. The van der Waals surface area contributed by atoms with Gasteiger partial charge in [0.15, 0.2) is 5.13 Å². The Labute approximate surface area is 179 Å². The van der Waals surface area contributed by atoms with E-state index in [9.17, 15) is 4.79 Å². The van der Waals surface area contributed by atoms with Crippen LogP contribution in [0.1, 0.15) is 16.8 Å². The molecule has 2 aromatic carbocycles. The van der Waals surface area contributed by atoms with Gasteiger partial charge in [0.2, 0.25) is 0 Å². The van der Waals surface area contributed by atoms with Gasteiger partial charge in [0.1, 0.15) is 17.0 Å². The van der Waals surface area contributed by atoms with Gasteiger partial charge in [0.25, 0.3) is 5.91 Å². The van der Waals surface area contributed by atoms with Crippen LogP contribution in [0.4, 0.5) is 5.13 Å². The maximum absolute atomic E-state index is 13.4. The third-order valence-electron chi connectivity index (χ3n) is 4.45. The van der Waals surface area contributed by atoms with Crippen molar-refractivity contribution in [2.45, 2.75) is 6.42 Å². The summed E-state index contributed by atoms with van der Waals surface area (Å²) in [5.41, 5.74) is 1.21. The first-order valence-corrected chi connectivity index (χ1v) is 10.4. The normalized spacial score (nSPS) is 11.1. The van der Waals surface area contributed by atoms with Crippen LogP contribution in [0, 0.1) is 0 Å². The predicted molar refractivity (Wildman–Crippen MR) is 119 cm³/mol. The number of methoxy groups -OCH3 is 2. The molecule has 0 bridgehead atoms. The van der Waals surface area contributed by atoms with E-state index in [1.54, 1.807) is 43.4 Å². The summed E-state index contributed by atoms with van der Waals surface area (Å²) in [6, 6.07) is 10.7. The second kappa shape index (κ2) is 9.43. The second-order valence-electron chi connectivity index (χ2n) is 6.77. The van der Waals surface area contributed by atoms with Crippen molar-refractivity contribution < 1.29 is 14.3 Å². The highest BCUT2D eigenvalue weighted by molar-refractivity contribution is 7.23. The lowest BCUT2D eigenvalue weighted by atomic mass is 10.2. The van der Waals surface area contributed by atoms with E-state index in [0.717, 1.165) is 17.7 Å². The summed E-state index contributed by atoms with van der Waals surface area (Å²) in [4.78, 5) is 21.9. The molecule has 0 aliphatic rings. The van der Waals surface area contributed by atoms with Gasteiger partial charge in [0.05, 0.1) is 23.9 Å². The maximum atomic E-state index is 13.4. The highest BCUT2D eigenvalue weighted by atomic mass is 35.5. The van der Waals surface area contributed by atoms with Crippen LogP contribution in [0.3, 0.4) is 0 Å². The minimum absolute atomic E-state index is 0.128. The molecule has 1 heterocycles. The molecule has 0 unspecified atom stereocenters. The summed E-state index contributed by atoms with van der Waals surface area (Å²) >= 11 is 7.76. The molecular weight excluding hydrogens is 410 g/mol. The molecule has 6 nitrogen and oxygen atoms in total. The Bertz CT molecular complexity index is 1010. The monoisotopic (exact) mass is 433 g/mol. The molecular formula is C21H24ClN3O3S. The van der Waals surface area contributed by atoms with Crippen LogP contribution < -0.4 is 14.4 Å². The van der Waals surface area contributed by atoms with Crippen LogP contribution in [0.5, 0.6) is 11.5 Å². The molecule has 154 valence electrons. The molecule has 8 heteroatoms. The number of thiazole rings is 1. The lowest BCUT2D eigenvalue weighted by molar-refractivity contribution is 0.0985. The molecule has 0 fully saturated rings. The number of fused-ring (bicyclic) bond motifs is 1. The standard InChI is InChI=1S/C21H24ClN3O3S/c1-24(2)11-6-12-25(20(26)14-7-5-8-15(13-14)27-3)21-23-18-17(28-4)10-9-16(22)19(18)29-21/h5,7-10,13H,6,11-12H2,1-4H3. The summed E-state index contributed by atoms with van der Waals surface area (Å²) in [5, 5.41) is 1.18. The van der Waals surface area contributed by atoms with Gasteiger partial charge in [-0.3, -0.25) is 9.69 Å². The Kier molecular flexibility index (Phi) is 6.95. The third kappa shape index (κ3) is 4.80. The van der Waals surface area contributed by atoms with Gasteiger partial charge in [-0.1, -0.05) is 29.0 Å². The van der Waals surface area contributed by atoms with Gasteiger partial charge >= 0.3 is 0 Å². The summed E-state index contributed by atoms with van der Waals surface area (Å²) in [6.45, 7) is 1.39. The quantitative estimate of drug-likeness (QED) is 0.521. The number of hydrogen-bond acceptors (Lipinski definition) is 6.